The standard InChI is InChI=1S/C12H25N/c1-7-8-13-12(10(4)5)11(6)9(2)3/h9,11-13H,4,7-8H2,1-3,5-6H3. The molecule has 0 amide bonds. The van der Waals surface area contributed by atoms with E-state index < -0.39 is 0 Å². The number of rotatable bonds is 6. The maximum absolute atomic E-state index is 4.05. The second-order valence-electron chi connectivity index (χ2n) is 4.38. The summed E-state index contributed by atoms with van der Waals surface area (Å²) in [6.07, 6.45) is 1.19. The minimum atomic E-state index is 0.486. The summed E-state index contributed by atoms with van der Waals surface area (Å²) in [6.45, 7) is 16.3. The van der Waals surface area contributed by atoms with E-state index in [4.69, 9.17) is 0 Å². The quantitative estimate of drug-likeness (QED) is 0.623. The average Bonchev–Trinajstić information content (AvgIpc) is 2.04. The Morgan fingerprint density at radius 2 is 1.85 bits per heavy atom. The molecule has 0 heterocycles. The molecule has 2 atom stereocenters. The van der Waals surface area contributed by atoms with Gasteiger partial charge in [-0.05, 0) is 31.7 Å². The molecule has 0 aromatic carbocycles. The fourth-order valence-corrected chi connectivity index (χ4v) is 1.49. The van der Waals surface area contributed by atoms with Crippen LogP contribution in [0, 0.1) is 11.8 Å². The van der Waals surface area contributed by atoms with Crippen molar-refractivity contribution in [3.63, 3.8) is 0 Å². The van der Waals surface area contributed by atoms with Crippen molar-refractivity contribution in [3.05, 3.63) is 12.2 Å². The Morgan fingerprint density at radius 1 is 1.31 bits per heavy atom. The zero-order valence-corrected chi connectivity index (χ0v) is 9.85. The lowest BCUT2D eigenvalue weighted by Gasteiger charge is -2.28. The SMILES string of the molecule is C=C(C)C(NCCC)C(C)C(C)C. The van der Waals surface area contributed by atoms with Crippen molar-refractivity contribution < 1.29 is 0 Å². The van der Waals surface area contributed by atoms with E-state index in [1.165, 1.54) is 12.0 Å². The van der Waals surface area contributed by atoms with Crippen molar-refractivity contribution in [2.75, 3.05) is 6.54 Å². The van der Waals surface area contributed by atoms with Gasteiger partial charge in [0.15, 0.2) is 0 Å². The molecule has 0 aromatic heterocycles. The Bertz CT molecular complexity index is 149. The smallest absolute Gasteiger partial charge is 0.0302 e. The molecule has 0 saturated carbocycles. The molecule has 1 N–H and O–H groups in total. The summed E-state index contributed by atoms with van der Waals surface area (Å²) in [5.74, 6) is 1.38. The van der Waals surface area contributed by atoms with Crippen molar-refractivity contribution in [1.82, 2.24) is 5.32 Å². The highest BCUT2D eigenvalue weighted by molar-refractivity contribution is 5.04. The predicted octanol–water partition coefficient (Wildman–Crippen LogP) is 3.22. The lowest BCUT2D eigenvalue weighted by atomic mass is 9.87. The molecule has 13 heavy (non-hydrogen) atoms. The Hall–Kier alpha value is -0.300. The van der Waals surface area contributed by atoms with E-state index in [1.54, 1.807) is 0 Å². The second-order valence-corrected chi connectivity index (χ2v) is 4.38. The molecule has 0 fully saturated rings. The van der Waals surface area contributed by atoms with Crippen molar-refractivity contribution >= 4 is 0 Å². The van der Waals surface area contributed by atoms with Crippen LogP contribution in [0.5, 0.6) is 0 Å². The van der Waals surface area contributed by atoms with Gasteiger partial charge in [-0.3, -0.25) is 0 Å². The zero-order valence-electron chi connectivity index (χ0n) is 9.85. The third-order valence-electron chi connectivity index (χ3n) is 2.72. The van der Waals surface area contributed by atoms with Gasteiger partial charge in [-0.25, -0.2) is 0 Å². The minimum Gasteiger partial charge on any atom is -0.310 e. The molecule has 1 heteroatoms. The largest absolute Gasteiger partial charge is 0.310 e. The van der Waals surface area contributed by atoms with Crippen LogP contribution in [0.1, 0.15) is 41.0 Å². The minimum absolute atomic E-state index is 0.486. The third kappa shape index (κ3) is 4.47. The van der Waals surface area contributed by atoms with Gasteiger partial charge in [-0.1, -0.05) is 39.8 Å². The molecular weight excluding hydrogens is 158 g/mol. The van der Waals surface area contributed by atoms with Gasteiger partial charge in [0.25, 0.3) is 0 Å². The fraction of sp³-hybridized carbons (Fsp3) is 0.833. The first kappa shape index (κ1) is 12.7. The lowest BCUT2D eigenvalue weighted by molar-refractivity contribution is 0.329. The van der Waals surface area contributed by atoms with Gasteiger partial charge in [0.1, 0.15) is 0 Å². The monoisotopic (exact) mass is 183 g/mol. The summed E-state index contributed by atoms with van der Waals surface area (Å²) < 4.78 is 0. The molecule has 1 nitrogen and oxygen atoms in total. The Balaban J connectivity index is 4.15. The molecule has 0 saturated heterocycles. The summed E-state index contributed by atoms with van der Waals surface area (Å²) in [5.41, 5.74) is 1.26. The molecule has 0 rings (SSSR count). The maximum Gasteiger partial charge on any atom is 0.0302 e. The molecule has 0 bridgehead atoms. The van der Waals surface area contributed by atoms with E-state index >= 15 is 0 Å². The fourth-order valence-electron chi connectivity index (χ4n) is 1.49. The van der Waals surface area contributed by atoms with Crippen LogP contribution in [0.15, 0.2) is 12.2 Å². The Morgan fingerprint density at radius 3 is 2.15 bits per heavy atom. The highest BCUT2D eigenvalue weighted by Crippen LogP contribution is 2.19. The van der Waals surface area contributed by atoms with Gasteiger partial charge in [-0.2, -0.15) is 0 Å². The predicted molar refractivity (Wildman–Crippen MR) is 60.9 cm³/mol. The first-order valence-electron chi connectivity index (χ1n) is 5.39. The maximum atomic E-state index is 4.05. The highest BCUT2D eigenvalue weighted by Gasteiger charge is 2.19. The van der Waals surface area contributed by atoms with E-state index in [0.29, 0.717) is 17.9 Å². The Kier molecular flexibility index (Phi) is 6.06. The molecule has 0 aliphatic heterocycles. The molecule has 78 valence electrons. The lowest BCUT2D eigenvalue weighted by Crippen LogP contribution is -2.38. The van der Waals surface area contributed by atoms with Crippen LogP contribution in [0.4, 0.5) is 0 Å². The van der Waals surface area contributed by atoms with Crippen LogP contribution in [0.2, 0.25) is 0 Å². The number of hydrogen-bond donors (Lipinski definition) is 1. The molecule has 0 aliphatic carbocycles. The van der Waals surface area contributed by atoms with Crippen LogP contribution < -0.4 is 5.32 Å². The first-order chi connectivity index (χ1) is 6.00. The summed E-state index contributed by atoms with van der Waals surface area (Å²) in [5, 5.41) is 3.55. The van der Waals surface area contributed by atoms with Gasteiger partial charge >= 0.3 is 0 Å². The third-order valence-corrected chi connectivity index (χ3v) is 2.72. The van der Waals surface area contributed by atoms with Gasteiger partial charge in [0, 0.05) is 6.04 Å². The summed E-state index contributed by atoms with van der Waals surface area (Å²) in [4.78, 5) is 0. The van der Waals surface area contributed by atoms with Gasteiger partial charge < -0.3 is 5.32 Å². The molecule has 2 unspecified atom stereocenters. The van der Waals surface area contributed by atoms with Crippen LogP contribution >= 0.6 is 0 Å². The van der Waals surface area contributed by atoms with Crippen LogP contribution in [0.3, 0.4) is 0 Å². The van der Waals surface area contributed by atoms with Crippen molar-refractivity contribution in [2.45, 2.75) is 47.1 Å². The van der Waals surface area contributed by atoms with Gasteiger partial charge in [0.05, 0.1) is 0 Å². The zero-order chi connectivity index (χ0) is 10.4. The van der Waals surface area contributed by atoms with Gasteiger partial charge in [0.2, 0.25) is 0 Å². The topological polar surface area (TPSA) is 12.0 Å². The molecule has 0 aromatic rings. The molecular formula is C12H25N. The van der Waals surface area contributed by atoms with Crippen LogP contribution in [0.25, 0.3) is 0 Å². The molecule has 0 spiro atoms. The van der Waals surface area contributed by atoms with Crippen molar-refractivity contribution in [1.29, 1.82) is 0 Å². The van der Waals surface area contributed by atoms with Crippen molar-refractivity contribution in [3.8, 4) is 0 Å². The van der Waals surface area contributed by atoms with Crippen LogP contribution in [-0.4, -0.2) is 12.6 Å². The Labute approximate surface area is 83.6 Å². The van der Waals surface area contributed by atoms with E-state index in [9.17, 15) is 0 Å². The van der Waals surface area contributed by atoms with E-state index in [0.717, 1.165) is 6.54 Å². The average molecular weight is 183 g/mol. The first-order valence-corrected chi connectivity index (χ1v) is 5.39. The van der Waals surface area contributed by atoms with Gasteiger partial charge in [-0.15, -0.1) is 0 Å². The van der Waals surface area contributed by atoms with E-state index in [2.05, 4.69) is 46.5 Å². The van der Waals surface area contributed by atoms with E-state index in [1.807, 2.05) is 0 Å². The summed E-state index contributed by atoms with van der Waals surface area (Å²) in [6, 6.07) is 0.486. The molecule has 0 radical (unpaired) electrons. The molecule has 0 aliphatic rings. The van der Waals surface area contributed by atoms with E-state index in [-0.39, 0.29) is 0 Å². The second kappa shape index (κ2) is 6.20. The summed E-state index contributed by atoms with van der Waals surface area (Å²) >= 11 is 0. The summed E-state index contributed by atoms with van der Waals surface area (Å²) in [7, 11) is 0. The normalized spacial score (nSPS) is 15.8. The number of hydrogen-bond acceptors (Lipinski definition) is 1. The number of nitrogens with one attached hydrogen (secondary N) is 1. The van der Waals surface area contributed by atoms with Crippen molar-refractivity contribution in [2.24, 2.45) is 11.8 Å². The highest BCUT2D eigenvalue weighted by atomic mass is 14.9. The van der Waals surface area contributed by atoms with Crippen LogP contribution in [-0.2, 0) is 0 Å².